The molecule has 0 bridgehead atoms. The van der Waals surface area contributed by atoms with Crippen LogP contribution in [0.1, 0.15) is 27.2 Å². The molecule has 0 saturated carbocycles. The highest BCUT2D eigenvalue weighted by atomic mass is 16.7. The van der Waals surface area contributed by atoms with Crippen molar-refractivity contribution in [1.29, 1.82) is 0 Å². The Bertz CT molecular complexity index is 295. The first-order valence-corrected chi connectivity index (χ1v) is 6.21. The van der Waals surface area contributed by atoms with Crippen LogP contribution in [0.5, 0.6) is 0 Å². The van der Waals surface area contributed by atoms with Crippen LogP contribution in [0.25, 0.3) is 0 Å². The zero-order valence-corrected chi connectivity index (χ0v) is 11.5. The Morgan fingerprint density at radius 2 is 2.06 bits per heavy atom. The Hall–Kier alpha value is -0.870. The molecule has 1 radical (unpaired) electrons. The summed E-state index contributed by atoms with van der Waals surface area (Å²) in [6, 6.07) is 0. The van der Waals surface area contributed by atoms with Crippen molar-refractivity contribution < 1.29 is 19.0 Å². The van der Waals surface area contributed by atoms with Gasteiger partial charge in [-0.3, -0.25) is 0 Å². The molecule has 103 valence electrons. The van der Waals surface area contributed by atoms with E-state index in [-0.39, 0.29) is 17.1 Å². The van der Waals surface area contributed by atoms with E-state index in [9.17, 15) is 4.79 Å². The van der Waals surface area contributed by atoms with Gasteiger partial charge in [-0.25, -0.2) is 4.79 Å². The van der Waals surface area contributed by atoms with Crippen molar-refractivity contribution in [2.75, 3.05) is 19.8 Å². The SMILES string of the molecule is [CH2]C(C)(C)C1OCC(CC)(COC(=O)C=C)CO1. The molecule has 18 heavy (non-hydrogen) atoms. The molecule has 0 unspecified atom stereocenters. The van der Waals surface area contributed by atoms with E-state index in [1.54, 1.807) is 0 Å². The van der Waals surface area contributed by atoms with E-state index in [4.69, 9.17) is 14.2 Å². The topological polar surface area (TPSA) is 44.8 Å². The summed E-state index contributed by atoms with van der Waals surface area (Å²) in [5, 5.41) is 0. The molecule has 0 aromatic heterocycles. The van der Waals surface area contributed by atoms with Crippen molar-refractivity contribution in [3.8, 4) is 0 Å². The third-order valence-electron chi connectivity index (χ3n) is 3.16. The highest BCUT2D eigenvalue weighted by Crippen LogP contribution is 2.34. The first kappa shape index (κ1) is 15.2. The first-order chi connectivity index (χ1) is 8.33. The minimum absolute atomic E-state index is 0.263. The predicted octanol–water partition coefficient (Wildman–Crippen LogP) is 2.35. The Morgan fingerprint density at radius 3 is 2.44 bits per heavy atom. The largest absolute Gasteiger partial charge is 0.462 e. The van der Waals surface area contributed by atoms with E-state index in [1.165, 1.54) is 0 Å². The van der Waals surface area contributed by atoms with Crippen LogP contribution in [-0.4, -0.2) is 32.1 Å². The van der Waals surface area contributed by atoms with Gasteiger partial charge in [0, 0.05) is 11.5 Å². The molecule has 0 N–H and O–H groups in total. The molecule has 0 aliphatic carbocycles. The molecule has 1 aliphatic rings. The molecule has 1 aliphatic heterocycles. The van der Waals surface area contributed by atoms with Crippen molar-refractivity contribution in [3.05, 3.63) is 19.6 Å². The van der Waals surface area contributed by atoms with Gasteiger partial charge < -0.3 is 14.2 Å². The molecule has 0 amide bonds. The highest BCUT2D eigenvalue weighted by molar-refractivity contribution is 5.81. The van der Waals surface area contributed by atoms with Gasteiger partial charge in [-0.15, -0.1) is 0 Å². The molecular weight excluding hydrogens is 232 g/mol. The molecule has 0 aromatic rings. The van der Waals surface area contributed by atoms with Crippen LogP contribution in [0.3, 0.4) is 0 Å². The lowest BCUT2D eigenvalue weighted by molar-refractivity contribution is -0.267. The van der Waals surface area contributed by atoms with Crippen LogP contribution in [0.15, 0.2) is 12.7 Å². The zero-order chi connectivity index (χ0) is 13.8. The molecule has 4 heteroatoms. The van der Waals surface area contributed by atoms with E-state index in [0.29, 0.717) is 19.8 Å². The number of carbonyl (C=O) groups excluding carboxylic acids is 1. The number of esters is 1. The second kappa shape index (κ2) is 5.85. The standard InChI is InChI=1S/C14H23O4/c1-6-11(15)16-8-14(7-2)9-17-12(18-10-14)13(3,4)5/h6,12H,1,3,7-10H2,2,4-5H3. The fourth-order valence-corrected chi connectivity index (χ4v) is 1.72. The Kier molecular flexibility index (Phi) is 4.93. The first-order valence-electron chi connectivity index (χ1n) is 6.21. The van der Waals surface area contributed by atoms with Gasteiger partial charge in [-0.2, -0.15) is 0 Å². The van der Waals surface area contributed by atoms with Gasteiger partial charge in [-0.05, 0) is 13.3 Å². The Morgan fingerprint density at radius 1 is 1.50 bits per heavy atom. The molecule has 1 saturated heterocycles. The predicted molar refractivity (Wildman–Crippen MR) is 68.7 cm³/mol. The Labute approximate surface area is 109 Å². The van der Waals surface area contributed by atoms with Gasteiger partial charge >= 0.3 is 5.97 Å². The van der Waals surface area contributed by atoms with Gasteiger partial charge in [0.05, 0.1) is 18.6 Å². The number of hydrogen-bond donors (Lipinski definition) is 0. The summed E-state index contributed by atoms with van der Waals surface area (Å²) >= 11 is 0. The minimum Gasteiger partial charge on any atom is -0.462 e. The number of ether oxygens (including phenoxy) is 3. The molecule has 0 aromatic carbocycles. The molecule has 1 heterocycles. The highest BCUT2D eigenvalue weighted by Gasteiger charge is 2.40. The summed E-state index contributed by atoms with van der Waals surface area (Å²) in [6.45, 7) is 14.7. The smallest absolute Gasteiger partial charge is 0.330 e. The maximum Gasteiger partial charge on any atom is 0.330 e. The lowest BCUT2D eigenvalue weighted by Crippen LogP contribution is -2.48. The van der Waals surface area contributed by atoms with Gasteiger partial charge in [0.25, 0.3) is 0 Å². The quantitative estimate of drug-likeness (QED) is 0.559. The minimum atomic E-state index is -0.414. The van der Waals surface area contributed by atoms with Crippen LogP contribution in [-0.2, 0) is 19.0 Å². The lowest BCUT2D eigenvalue weighted by atomic mass is 9.86. The van der Waals surface area contributed by atoms with Crippen molar-refractivity contribution in [3.63, 3.8) is 0 Å². The fraction of sp³-hybridized carbons (Fsp3) is 0.714. The van der Waals surface area contributed by atoms with E-state index in [0.717, 1.165) is 12.5 Å². The second-order valence-corrected chi connectivity index (χ2v) is 5.61. The number of rotatable bonds is 5. The van der Waals surface area contributed by atoms with E-state index in [1.807, 2.05) is 20.8 Å². The summed E-state index contributed by atoms with van der Waals surface area (Å²) in [5.41, 5.74) is -0.557. The van der Waals surface area contributed by atoms with E-state index in [2.05, 4.69) is 13.5 Å². The molecular formula is C14H23O4. The number of hydrogen-bond acceptors (Lipinski definition) is 4. The maximum absolute atomic E-state index is 11.1. The van der Waals surface area contributed by atoms with Crippen LogP contribution in [0.4, 0.5) is 0 Å². The average molecular weight is 255 g/mol. The van der Waals surface area contributed by atoms with Crippen LogP contribution in [0.2, 0.25) is 0 Å². The van der Waals surface area contributed by atoms with E-state index >= 15 is 0 Å². The van der Waals surface area contributed by atoms with Gasteiger partial charge in [-0.1, -0.05) is 27.4 Å². The van der Waals surface area contributed by atoms with Crippen LogP contribution in [0, 0.1) is 17.8 Å². The van der Waals surface area contributed by atoms with Crippen molar-refractivity contribution in [2.45, 2.75) is 33.5 Å². The summed E-state index contributed by atoms with van der Waals surface area (Å²) < 4.78 is 16.5. The van der Waals surface area contributed by atoms with Crippen molar-refractivity contribution in [1.82, 2.24) is 0 Å². The number of carbonyl (C=O) groups is 1. The van der Waals surface area contributed by atoms with Gasteiger partial charge in [0.1, 0.15) is 6.61 Å². The molecule has 4 nitrogen and oxygen atoms in total. The summed E-state index contributed by atoms with van der Waals surface area (Å²) in [5.74, 6) is -0.414. The summed E-state index contributed by atoms with van der Waals surface area (Å²) in [4.78, 5) is 11.1. The van der Waals surface area contributed by atoms with Gasteiger partial charge in [0.15, 0.2) is 6.29 Å². The monoisotopic (exact) mass is 255 g/mol. The third kappa shape index (κ3) is 3.82. The Balaban J connectivity index is 2.54. The molecule has 1 rings (SSSR count). The summed E-state index contributed by atoms with van der Waals surface area (Å²) in [6.07, 6.45) is 1.67. The fourth-order valence-electron chi connectivity index (χ4n) is 1.72. The second-order valence-electron chi connectivity index (χ2n) is 5.61. The van der Waals surface area contributed by atoms with Crippen LogP contribution >= 0.6 is 0 Å². The molecule has 1 fully saturated rings. The lowest BCUT2D eigenvalue weighted by Gasteiger charge is -2.42. The van der Waals surface area contributed by atoms with Crippen molar-refractivity contribution >= 4 is 5.97 Å². The molecule has 0 atom stereocenters. The van der Waals surface area contributed by atoms with Crippen LogP contribution < -0.4 is 0 Å². The van der Waals surface area contributed by atoms with Crippen molar-refractivity contribution in [2.24, 2.45) is 10.8 Å². The molecule has 0 spiro atoms. The van der Waals surface area contributed by atoms with E-state index < -0.39 is 5.97 Å². The normalized spacial score (nSPS) is 28.8. The van der Waals surface area contributed by atoms with Gasteiger partial charge in [0.2, 0.25) is 0 Å². The maximum atomic E-state index is 11.1. The third-order valence-corrected chi connectivity index (χ3v) is 3.16. The summed E-state index contributed by atoms with van der Waals surface area (Å²) in [7, 11) is 0. The zero-order valence-electron chi connectivity index (χ0n) is 11.5. The average Bonchev–Trinajstić information content (AvgIpc) is 2.35.